The summed E-state index contributed by atoms with van der Waals surface area (Å²) in [6, 6.07) is 0. The van der Waals surface area contributed by atoms with Gasteiger partial charge in [0.05, 0.1) is 0 Å². The first-order valence-electron chi connectivity index (χ1n) is 7.04. The molecule has 110 valence electrons. The molecule has 0 aliphatic heterocycles. The third-order valence-corrected chi connectivity index (χ3v) is 1.75. The summed E-state index contributed by atoms with van der Waals surface area (Å²) in [5, 5.41) is 0. The van der Waals surface area contributed by atoms with Crippen LogP contribution < -0.4 is 0 Å². The number of rotatable bonds is 7. The molecule has 0 heteroatoms. The van der Waals surface area contributed by atoms with Crippen molar-refractivity contribution in [1.82, 2.24) is 0 Å². The Kier molecular flexibility index (Phi) is 25.5. The van der Waals surface area contributed by atoms with E-state index in [1.807, 2.05) is 64.2 Å². The highest BCUT2D eigenvalue weighted by atomic mass is 14.0. The third kappa shape index (κ3) is 14.0. The van der Waals surface area contributed by atoms with Crippen LogP contribution in [0.1, 0.15) is 27.7 Å². The predicted molar refractivity (Wildman–Crippen MR) is 97.9 cm³/mol. The molecule has 0 nitrogen and oxygen atoms in total. The molecular formula is C20H30. The summed E-state index contributed by atoms with van der Waals surface area (Å²) in [7, 11) is 0. The van der Waals surface area contributed by atoms with E-state index in [9.17, 15) is 0 Å². The van der Waals surface area contributed by atoms with Crippen molar-refractivity contribution in [3.8, 4) is 0 Å². The predicted octanol–water partition coefficient (Wildman–Crippen LogP) is 6.75. The van der Waals surface area contributed by atoms with Crippen molar-refractivity contribution in [1.29, 1.82) is 0 Å². The minimum Gasteiger partial charge on any atom is -0.0991 e. The van der Waals surface area contributed by atoms with Gasteiger partial charge in [-0.2, -0.15) is 0 Å². The molecular weight excluding hydrogens is 240 g/mol. The molecule has 0 amide bonds. The zero-order valence-electron chi connectivity index (χ0n) is 13.6. The molecule has 0 heterocycles. The van der Waals surface area contributed by atoms with Crippen LogP contribution >= 0.6 is 0 Å². The summed E-state index contributed by atoms with van der Waals surface area (Å²) in [4.78, 5) is 0. The Bertz CT molecular complexity index is 333. The van der Waals surface area contributed by atoms with Crippen LogP contribution in [-0.2, 0) is 0 Å². The van der Waals surface area contributed by atoms with Gasteiger partial charge in [0.15, 0.2) is 0 Å². The Morgan fingerprint density at radius 1 is 0.550 bits per heavy atom. The van der Waals surface area contributed by atoms with Gasteiger partial charge in [-0.05, 0) is 11.1 Å². The smallest absolute Gasteiger partial charge is 0.0184 e. The van der Waals surface area contributed by atoms with Crippen LogP contribution in [0.25, 0.3) is 0 Å². The van der Waals surface area contributed by atoms with Crippen LogP contribution in [-0.4, -0.2) is 0 Å². The summed E-state index contributed by atoms with van der Waals surface area (Å²) in [5.41, 5.74) is 2.10. The highest BCUT2D eigenvalue weighted by molar-refractivity contribution is 5.50. The second kappa shape index (κ2) is 22.1. The maximum atomic E-state index is 3.70. The zero-order valence-corrected chi connectivity index (χ0v) is 13.6. The summed E-state index contributed by atoms with van der Waals surface area (Å²) >= 11 is 0. The zero-order chi connectivity index (χ0) is 16.2. The highest BCUT2D eigenvalue weighted by Crippen LogP contribution is 2.14. The van der Waals surface area contributed by atoms with Gasteiger partial charge in [0.25, 0.3) is 0 Å². The van der Waals surface area contributed by atoms with Gasteiger partial charge in [0, 0.05) is 0 Å². The van der Waals surface area contributed by atoms with Crippen LogP contribution in [0.3, 0.4) is 0 Å². The molecule has 0 aromatic carbocycles. The maximum absolute atomic E-state index is 3.70. The fourth-order valence-corrected chi connectivity index (χ4v) is 1.09. The molecule has 0 aromatic heterocycles. The molecule has 0 aromatic rings. The van der Waals surface area contributed by atoms with Gasteiger partial charge in [0.1, 0.15) is 0 Å². The normalized spacial score (nSPS) is 11.0. The Morgan fingerprint density at radius 2 is 0.850 bits per heavy atom. The Morgan fingerprint density at radius 3 is 1.05 bits per heavy atom. The Hall–Kier alpha value is -2.08. The molecule has 0 bridgehead atoms. The van der Waals surface area contributed by atoms with Gasteiger partial charge >= 0.3 is 0 Å². The van der Waals surface area contributed by atoms with E-state index in [0.29, 0.717) is 0 Å². The molecule has 0 saturated heterocycles. The molecule has 0 N–H and O–H groups in total. The first kappa shape index (κ1) is 23.0. The summed E-state index contributed by atoms with van der Waals surface area (Å²) in [5.74, 6) is 0. The molecule has 0 unspecified atom stereocenters. The lowest BCUT2D eigenvalue weighted by molar-refractivity contribution is 1.50. The highest BCUT2D eigenvalue weighted by Gasteiger charge is 1.95. The third-order valence-electron chi connectivity index (χ3n) is 1.75. The molecule has 0 aliphatic carbocycles. The van der Waals surface area contributed by atoms with Gasteiger partial charge < -0.3 is 0 Å². The summed E-state index contributed by atoms with van der Waals surface area (Å²) in [6.45, 7) is 22.7. The standard InChI is InChI=1S/C16H18.2C2H6/c1-5-9-13-15(11-7-3)16(12-8-4)14-10-6-2;2*1-2/h5-14H,1-4H2;2*1-2H3/b13-9-,14-10-,15-11+,16-12+;;. The minimum absolute atomic E-state index is 1.05. The van der Waals surface area contributed by atoms with Gasteiger partial charge in [-0.3, -0.25) is 0 Å². The van der Waals surface area contributed by atoms with E-state index in [1.165, 1.54) is 0 Å². The van der Waals surface area contributed by atoms with E-state index in [-0.39, 0.29) is 0 Å². The van der Waals surface area contributed by atoms with E-state index in [4.69, 9.17) is 0 Å². The monoisotopic (exact) mass is 270 g/mol. The minimum atomic E-state index is 1.05. The lowest BCUT2D eigenvalue weighted by atomic mass is 10.0. The van der Waals surface area contributed by atoms with Crippen LogP contribution in [0.15, 0.2) is 98.2 Å². The fourth-order valence-electron chi connectivity index (χ4n) is 1.09. The van der Waals surface area contributed by atoms with Crippen molar-refractivity contribution >= 4 is 0 Å². The largest absolute Gasteiger partial charge is 0.0991 e. The SMILES string of the molecule is C=C\C=C/C(=C\C=C)C(/C=C\C=C)=C/C=C.CC.CC. The second-order valence-corrected chi connectivity index (χ2v) is 2.91. The average Bonchev–Trinajstić information content (AvgIpc) is 2.52. The number of allylic oxidation sites excluding steroid dienone is 12. The Balaban J connectivity index is -0.000000656. The second-order valence-electron chi connectivity index (χ2n) is 2.91. The van der Waals surface area contributed by atoms with Gasteiger partial charge in [0.2, 0.25) is 0 Å². The summed E-state index contributed by atoms with van der Waals surface area (Å²) < 4.78 is 0. The van der Waals surface area contributed by atoms with E-state index < -0.39 is 0 Å². The lowest BCUT2D eigenvalue weighted by Crippen LogP contribution is -1.82. The fraction of sp³-hybridized carbons (Fsp3) is 0.200. The van der Waals surface area contributed by atoms with Crippen molar-refractivity contribution in [2.45, 2.75) is 27.7 Å². The summed E-state index contributed by atoms with van der Waals surface area (Å²) in [6.07, 6.45) is 18.5. The molecule has 0 saturated carbocycles. The molecule has 0 radical (unpaired) electrons. The lowest BCUT2D eigenvalue weighted by Gasteiger charge is -2.01. The van der Waals surface area contributed by atoms with Crippen LogP contribution in [0.5, 0.6) is 0 Å². The van der Waals surface area contributed by atoms with Crippen LogP contribution in [0.4, 0.5) is 0 Å². The van der Waals surface area contributed by atoms with Gasteiger partial charge in [-0.1, -0.05) is 115 Å². The van der Waals surface area contributed by atoms with Crippen molar-refractivity contribution in [3.63, 3.8) is 0 Å². The first-order valence-corrected chi connectivity index (χ1v) is 7.04. The average molecular weight is 270 g/mol. The van der Waals surface area contributed by atoms with Crippen molar-refractivity contribution in [2.75, 3.05) is 0 Å². The molecule has 0 fully saturated rings. The number of hydrogen-bond acceptors (Lipinski definition) is 0. The Labute approximate surface area is 126 Å². The van der Waals surface area contributed by atoms with E-state index in [1.54, 1.807) is 24.3 Å². The molecule has 0 aliphatic rings. The molecule has 0 spiro atoms. The van der Waals surface area contributed by atoms with Crippen LogP contribution in [0.2, 0.25) is 0 Å². The maximum Gasteiger partial charge on any atom is -0.0184 e. The van der Waals surface area contributed by atoms with Gasteiger partial charge in [-0.25, -0.2) is 0 Å². The van der Waals surface area contributed by atoms with Crippen molar-refractivity contribution in [2.24, 2.45) is 0 Å². The van der Waals surface area contributed by atoms with Crippen molar-refractivity contribution in [3.05, 3.63) is 98.2 Å². The number of hydrogen-bond donors (Lipinski definition) is 0. The van der Waals surface area contributed by atoms with Crippen LogP contribution in [0, 0.1) is 0 Å². The van der Waals surface area contributed by atoms with Gasteiger partial charge in [-0.15, -0.1) is 0 Å². The first-order chi connectivity index (χ1) is 9.79. The molecule has 0 rings (SSSR count). The quantitative estimate of drug-likeness (QED) is 0.449. The van der Waals surface area contributed by atoms with E-state index in [2.05, 4.69) is 26.3 Å². The van der Waals surface area contributed by atoms with E-state index >= 15 is 0 Å². The van der Waals surface area contributed by atoms with Crippen molar-refractivity contribution < 1.29 is 0 Å². The topological polar surface area (TPSA) is 0 Å². The molecule has 20 heavy (non-hydrogen) atoms. The van der Waals surface area contributed by atoms with E-state index in [0.717, 1.165) is 11.1 Å². The molecule has 0 atom stereocenters.